The van der Waals surface area contributed by atoms with Gasteiger partial charge >= 0.3 is 0 Å². The van der Waals surface area contributed by atoms with Crippen molar-refractivity contribution < 1.29 is 17.9 Å². The number of benzene rings is 3. The summed E-state index contributed by atoms with van der Waals surface area (Å²) >= 11 is 0. The minimum absolute atomic E-state index is 0.241. The van der Waals surface area contributed by atoms with Crippen molar-refractivity contribution in [1.82, 2.24) is 4.31 Å². The van der Waals surface area contributed by atoms with Crippen molar-refractivity contribution in [3.8, 4) is 16.9 Å². The van der Waals surface area contributed by atoms with Gasteiger partial charge in [0.05, 0.1) is 4.90 Å². The summed E-state index contributed by atoms with van der Waals surface area (Å²) in [5.41, 5.74) is 2.70. The van der Waals surface area contributed by atoms with E-state index in [1.54, 1.807) is 19.1 Å². The van der Waals surface area contributed by atoms with Crippen LogP contribution in [0.4, 0.5) is 5.69 Å². The molecule has 4 rings (SSSR count). The van der Waals surface area contributed by atoms with Crippen LogP contribution in [0.15, 0.2) is 83.8 Å². The van der Waals surface area contributed by atoms with E-state index in [1.165, 1.54) is 16.4 Å². The standard InChI is InChI=1S/C26H28N2O4S/c1-20(32-24-14-10-22(11-15-24)21-8-4-2-5-9-21)26(29)27-23-12-16-25(17-13-23)33(30,31)28-18-6-3-7-19-28/h2,4-5,8-17,20H,3,6-7,18-19H2,1H3,(H,27,29). The lowest BCUT2D eigenvalue weighted by Crippen LogP contribution is -2.35. The molecule has 1 N–H and O–H groups in total. The molecule has 1 aliphatic rings. The number of nitrogens with one attached hydrogen (secondary N) is 1. The second-order valence-corrected chi connectivity index (χ2v) is 10.1. The van der Waals surface area contributed by atoms with Crippen molar-refractivity contribution in [3.05, 3.63) is 78.9 Å². The molecule has 0 bridgehead atoms. The molecule has 1 fully saturated rings. The minimum Gasteiger partial charge on any atom is -0.481 e. The van der Waals surface area contributed by atoms with Crippen molar-refractivity contribution in [2.24, 2.45) is 0 Å². The zero-order valence-corrected chi connectivity index (χ0v) is 19.4. The largest absolute Gasteiger partial charge is 0.481 e. The molecular weight excluding hydrogens is 436 g/mol. The van der Waals surface area contributed by atoms with Crippen LogP contribution >= 0.6 is 0 Å². The maximum Gasteiger partial charge on any atom is 0.265 e. The van der Waals surface area contributed by atoms with E-state index < -0.39 is 16.1 Å². The molecule has 0 aromatic heterocycles. The number of carbonyl (C=O) groups excluding carboxylic acids is 1. The highest BCUT2D eigenvalue weighted by atomic mass is 32.2. The Morgan fingerprint density at radius 3 is 2.09 bits per heavy atom. The highest BCUT2D eigenvalue weighted by molar-refractivity contribution is 7.89. The number of carbonyl (C=O) groups is 1. The Morgan fingerprint density at radius 2 is 1.45 bits per heavy atom. The molecule has 1 amide bonds. The van der Waals surface area contributed by atoms with Gasteiger partial charge in [0.25, 0.3) is 5.91 Å². The molecule has 6 nitrogen and oxygen atoms in total. The fourth-order valence-corrected chi connectivity index (χ4v) is 5.34. The first-order chi connectivity index (χ1) is 15.9. The minimum atomic E-state index is -3.49. The maximum atomic E-state index is 12.8. The third-order valence-corrected chi connectivity index (χ3v) is 7.63. The lowest BCUT2D eigenvalue weighted by atomic mass is 10.1. The van der Waals surface area contributed by atoms with Gasteiger partial charge in [-0.3, -0.25) is 4.79 Å². The highest BCUT2D eigenvalue weighted by Gasteiger charge is 2.25. The predicted octanol–water partition coefficient (Wildman–Crippen LogP) is 4.93. The number of hydrogen-bond donors (Lipinski definition) is 1. The van der Waals surface area contributed by atoms with Crippen molar-refractivity contribution >= 4 is 21.6 Å². The monoisotopic (exact) mass is 464 g/mol. The molecule has 1 unspecified atom stereocenters. The van der Waals surface area contributed by atoms with E-state index in [2.05, 4.69) is 5.32 Å². The summed E-state index contributed by atoms with van der Waals surface area (Å²) < 4.78 is 32.8. The Morgan fingerprint density at radius 1 is 0.848 bits per heavy atom. The maximum absolute atomic E-state index is 12.8. The van der Waals surface area contributed by atoms with E-state index in [-0.39, 0.29) is 10.8 Å². The summed E-state index contributed by atoms with van der Waals surface area (Å²) in [7, 11) is -3.49. The van der Waals surface area contributed by atoms with Gasteiger partial charge in [0, 0.05) is 18.8 Å². The van der Waals surface area contributed by atoms with E-state index in [4.69, 9.17) is 4.74 Å². The van der Waals surface area contributed by atoms with Crippen LogP contribution in [-0.2, 0) is 14.8 Å². The van der Waals surface area contributed by atoms with Crippen LogP contribution in [0.25, 0.3) is 11.1 Å². The molecule has 7 heteroatoms. The number of sulfonamides is 1. The fourth-order valence-electron chi connectivity index (χ4n) is 3.82. The second-order valence-electron chi connectivity index (χ2n) is 8.13. The number of nitrogens with zero attached hydrogens (tertiary/aromatic N) is 1. The normalized spacial score (nSPS) is 15.5. The molecule has 0 radical (unpaired) electrons. The van der Waals surface area contributed by atoms with Crippen LogP contribution in [0.3, 0.4) is 0 Å². The average molecular weight is 465 g/mol. The predicted molar refractivity (Wildman–Crippen MR) is 130 cm³/mol. The van der Waals surface area contributed by atoms with Gasteiger partial charge in [-0.25, -0.2) is 8.42 Å². The van der Waals surface area contributed by atoms with Gasteiger partial charge in [-0.15, -0.1) is 0 Å². The van der Waals surface area contributed by atoms with Gasteiger partial charge in [-0.2, -0.15) is 4.31 Å². The van der Waals surface area contributed by atoms with Gasteiger partial charge in [-0.05, 0) is 67.3 Å². The third kappa shape index (κ3) is 5.61. The Kier molecular flexibility index (Phi) is 7.11. The number of hydrogen-bond acceptors (Lipinski definition) is 4. The SMILES string of the molecule is CC(Oc1ccc(-c2ccccc2)cc1)C(=O)Nc1ccc(S(=O)(=O)N2CCCCC2)cc1. The van der Waals surface area contributed by atoms with Crippen LogP contribution < -0.4 is 10.1 Å². The van der Waals surface area contributed by atoms with Gasteiger partial charge in [0.1, 0.15) is 5.75 Å². The Labute approximate surface area is 195 Å². The van der Waals surface area contributed by atoms with Crippen LogP contribution in [0.1, 0.15) is 26.2 Å². The Bertz CT molecular complexity index is 1170. The van der Waals surface area contributed by atoms with Crippen molar-refractivity contribution in [2.75, 3.05) is 18.4 Å². The van der Waals surface area contributed by atoms with Crippen LogP contribution in [-0.4, -0.2) is 37.8 Å². The van der Waals surface area contributed by atoms with Crippen molar-refractivity contribution in [3.63, 3.8) is 0 Å². The topological polar surface area (TPSA) is 75.7 Å². The lowest BCUT2D eigenvalue weighted by Gasteiger charge is -2.25. The molecule has 0 saturated carbocycles. The number of anilines is 1. The highest BCUT2D eigenvalue weighted by Crippen LogP contribution is 2.24. The lowest BCUT2D eigenvalue weighted by molar-refractivity contribution is -0.122. The molecule has 3 aromatic rings. The second kappa shape index (κ2) is 10.2. The smallest absolute Gasteiger partial charge is 0.265 e. The molecule has 172 valence electrons. The van der Waals surface area contributed by atoms with Crippen LogP contribution in [0, 0.1) is 0 Å². The summed E-state index contributed by atoms with van der Waals surface area (Å²) in [6, 6.07) is 23.9. The average Bonchev–Trinajstić information content (AvgIpc) is 2.86. The summed E-state index contributed by atoms with van der Waals surface area (Å²) in [5.74, 6) is 0.286. The molecule has 0 aliphatic carbocycles. The Hall–Kier alpha value is -3.16. The fraction of sp³-hybridized carbons (Fsp3) is 0.269. The molecule has 1 saturated heterocycles. The molecule has 1 aliphatic heterocycles. The quantitative estimate of drug-likeness (QED) is 0.538. The number of piperidine rings is 1. The zero-order valence-electron chi connectivity index (χ0n) is 18.6. The van der Waals surface area contributed by atoms with Crippen molar-refractivity contribution in [2.45, 2.75) is 37.2 Å². The van der Waals surface area contributed by atoms with E-state index >= 15 is 0 Å². The summed E-state index contributed by atoms with van der Waals surface area (Å²) in [6.45, 7) is 2.79. The van der Waals surface area contributed by atoms with E-state index in [9.17, 15) is 13.2 Å². The molecule has 1 heterocycles. The number of amides is 1. The molecule has 33 heavy (non-hydrogen) atoms. The first-order valence-corrected chi connectivity index (χ1v) is 12.6. The van der Waals surface area contributed by atoms with E-state index in [0.717, 1.165) is 30.4 Å². The van der Waals surface area contributed by atoms with Gasteiger partial charge < -0.3 is 10.1 Å². The summed E-state index contributed by atoms with van der Waals surface area (Å²) in [4.78, 5) is 12.8. The first-order valence-electron chi connectivity index (χ1n) is 11.2. The first kappa shape index (κ1) is 23.0. The summed E-state index contributed by atoms with van der Waals surface area (Å²) in [6.07, 6.45) is 2.12. The molecule has 1 atom stereocenters. The van der Waals surface area contributed by atoms with Gasteiger partial charge in [0.2, 0.25) is 10.0 Å². The number of ether oxygens (including phenoxy) is 1. The Balaban J connectivity index is 1.35. The number of rotatable bonds is 7. The molecule has 0 spiro atoms. The summed E-state index contributed by atoms with van der Waals surface area (Å²) in [5, 5.41) is 2.79. The van der Waals surface area contributed by atoms with E-state index in [0.29, 0.717) is 24.5 Å². The third-order valence-electron chi connectivity index (χ3n) is 5.72. The van der Waals surface area contributed by atoms with Gasteiger partial charge in [0.15, 0.2) is 6.10 Å². The van der Waals surface area contributed by atoms with Crippen LogP contribution in [0.5, 0.6) is 5.75 Å². The zero-order chi connectivity index (χ0) is 23.3. The van der Waals surface area contributed by atoms with E-state index in [1.807, 2.05) is 54.6 Å². The van der Waals surface area contributed by atoms with Gasteiger partial charge in [-0.1, -0.05) is 48.9 Å². The molecule has 3 aromatic carbocycles. The van der Waals surface area contributed by atoms with Crippen molar-refractivity contribution in [1.29, 1.82) is 0 Å². The van der Waals surface area contributed by atoms with Crippen LogP contribution in [0.2, 0.25) is 0 Å². The molecular formula is C26H28N2O4S.